The van der Waals surface area contributed by atoms with Crippen LogP contribution in [0.1, 0.15) is 29.5 Å². The average molecular weight is 339 g/mol. The number of aliphatic hydroxyl groups excluding tert-OH is 1. The summed E-state index contributed by atoms with van der Waals surface area (Å²) < 4.78 is 5.15. The van der Waals surface area contributed by atoms with Crippen LogP contribution in [0.4, 0.5) is 4.79 Å². The number of hydrogen-bond acceptors (Lipinski definition) is 3. The maximum absolute atomic E-state index is 11.6. The predicted molar refractivity (Wildman–Crippen MR) is 100 cm³/mol. The van der Waals surface area contributed by atoms with E-state index in [-0.39, 0.29) is 13.2 Å². The third kappa shape index (κ3) is 7.68. The highest BCUT2D eigenvalue weighted by Crippen LogP contribution is 2.08. The van der Waals surface area contributed by atoms with Crippen molar-refractivity contribution in [3.8, 4) is 0 Å². The number of aryl methyl sites for hydroxylation is 1. The quantitative estimate of drug-likeness (QED) is 0.680. The first-order valence-electron chi connectivity index (χ1n) is 8.59. The minimum atomic E-state index is -0.398. The van der Waals surface area contributed by atoms with Crippen LogP contribution >= 0.6 is 0 Å². The van der Waals surface area contributed by atoms with Crippen LogP contribution in [-0.4, -0.2) is 24.4 Å². The Morgan fingerprint density at radius 2 is 1.80 bits per heavy atom. The van der Waals surface area contributed by atoms with Gasteiger partial charge in [0.2, 0.25) is 0 Å². The number of rotatable bonds is 9. The molecule has 2 aromatic rings. The van der Waals surface area contributed by atoms with E-state index in [9.17, 15) is 4.79 Å². The highest BCUT2D eigenvalue weighted by atomic mass is 16.5. The van der Waals surface area contributed by atoms with Gasteiger partial charge in [0, 0.05) is 13.2 Å². The van der Waals surface area contributed by atoms with Gasteiger partial charge in [-0.15, -0.1) is 0 Å². The molecule has 1 amide bonds. The Kier molecular flexibility index (Phi) is 8.29. The van der Waals surface area contributed by atoms with E-state index in [1.54, 1.807) is 0 Å². The number of alkyl carbamates (subject to hydrolysis) is 1. The van der Waals surface area contributed by atoms with Crippen molar-refractivity contribution in [2.24, 2.45) is 0 Å². The molecule has 0 spiro atoms. The molecule has 0 atom stereocenters. The second-order valence-electron chi connectivity index (χ2n) is 5.75. The summed E-state index contributed by atoms with van der Waals surface area (Å²) in [6.45, 7) is 1.05. The largest absolute Gasteiger partial charge is 0.445 e. The van der Waals surface area contributed by atoms with Gasteiger partial charge < -0.3 is 15.2 Å². The zero-order chi connectivity index (χ0) is 17.7. The van der Waals surface area contributed by atoms with Gasteiger partial charge in [-0.05, 0) is 36.0 Å². The summed E-state index contributed by atoms with van der Waals surface area (Å²) in [6.07, 6.45) is 6.10. The van der Waals surface area contributed by atoms with Crippen molar-refractivity contribution in [3.63, 3.8) is 0 Å². The molecule has 0 unspecified atom stereocenters. The van der Waals surface area contributed by atoms with Crippen LogP contribution in [0.3, 0.4) is 0 Å². The van der Waals surface area contributed by atoms with Gasteiger partial charge in [-0.25, -0.2) is 4.79 Å². The van der Waals surface area contributed by atoms with Gasteiger partial charge in [-0.2, -0.15) is 0 Å². The molecule has 0 saturated heterocycles. The second kappa shape index (κ2) is 11.0. The van der Waals surface area contributed by atoms with Crippen LogP contribution in [-0.2, 0) is 17.8 Å². The topological polar surface area (TPSA) is 58.6 Å². The molecule has 2 aromatic carbocycles. The summed E-state index contributed by atoms with van der Waals surface area (Å²) in [4.78, 5) is 11.6. The lowest BCUT2D eigenvalue weighted by atomic mass is 10.1. The maximum Gasteiger partial charge on any atom is 0.407 e. The van der Waals surface area contributed by atoms with Gasteiger partial charge >= 0.3 is 6.09 Å². The first-order chi connectivity index (χ1) is 12.3. The van der Waals surface area contributed by atoms with E-state index in [4.69, 9.17) is 9.84 Å². The summed E-state index contributed by atoms with van der Waals surface area (Å²) in [5, 5.41) is 11.6. The van der Waals surface area contributed by atoms with Crippen molar-refractivity contribution in [2.45, 2.75) is 25.9 Å². The SMILES string of the molecule is O=C(NCCC=Cc1ccc(CCCO)cc1)OCc1ccccc1. The first kappa shape index (κ1) is 18.7. The number of nitrogens with one attached hydrogen (secondary N) is 1. The number of carbonyl (C=O) groups is 1. The van der Waals surface area contributed by atoms with E-state index in [1.165, 1.54) is 5.56 Å². The molecule has 0 fully saturated rings. The third-order valence-electron chi connectivity index (χ3n) is 3.71. The molecule has 0 aliphatic heterocycles. The van der Waals surface area contributed by atoms with Crippen LogP contribution in [0.15, 0.2) is 60.7 Å². The molecular weight excluding hydrogens is 314 g/mol. The Morgan fingerprint density at radius 3 is 2.52 bits per heavy atom. The van der Waals surface area contributed by atoms with Gasteiger partial charge in [0.05, 0.1) is 0 Å². The first-order valence-corrected chi connectivity index (χ1v) is 8.59. The third-order valence-corrected chi connectivity index (χ3v) is 3.71. The average Bonchev–Trinajstić information content (AvgIpc) is 2.66. The van der Waals surface area contributed by atoms with Crippen molar-refractivity contribution >= 4 is 12.2 Å². The minimum Gasteiger partial charge on any atom is -0.445 e. The summed E-state index contributed by atoms with van der Waals surface area (Å²) in [7, 11) is 0. The zero-order valence-corrected chi connectivity index (χ0v) is 14.4. The minimum absolute atomic E-state index is 0.225. The highest BCUT2D eigenvalue weighted by molar-refractivity contribution is 5.67. The van der Waals surface area contributed by atoms with Crippen LogP contribution in [0.25, 0.3) is 6.08 Å². The lowest BCUT2D eigenvalue weighted by Crippen LogP contribution is -2.24. The van der Waals surface area contributed by atoms with Crippen molar-refractivity contribution in [1.82, 2.24) is 5.32 Å². The highest BCUT2D eigenvalue weighted by Gasteiger charge is 2.00. The van der Waals surface area contributed by atoms with Crippen molar-refractivity contribution in [2.75, 3.05) is 13.2 Å². The van der Waals surface area contributed by atoms with Crippen molar-refractivity contribution < 1.29 is 14.6 Å². The van der Waals surface area contributed by atoms with Crippen molar-refractivity contribution in [1.29, 1.82) is 0 Å². The van der Waals surface area contributed by atoms with E-state index in [0.29, 0.717) is 6.54 Å². The van der Waals surface area contributed by atoms with Gasteiger partial charge in [0.25, 0.3) is 0 Å². The number of aliphatic hydroxyl groups is 1. The lowest BCUT2D eigenvalue weighted by Gasteiger charge is -2.05. The zero-order valence-electron chi connectivity index (χ0n) is 14.4. The molecular formula is C21H25NO3. The fourth-order valence-corrected chi connectivity index (χ4v) is 2.33. The van der Waals surface area contributed by atoms with Crippen LogP contribution in [0.5, 0.6) is 0 Å². The predicted octanol–water partition coefficient (Wildman–Crippen LogP) is 3.94. The Morgan fingerprint density at radius 1 is 1.04 bits per heavy atom. The number of benzene rings is 2. The molecule has 0 aliphatic rings. The van der Waals surface area contributed by atoms with Gasteiger partial charge in [0.1, 0.15) is 6.61 Å². The summed E-state index contributed by atoms with van der Waals surface area (Å²) in [5.74, 6) is 0. The number of ether oxygens (including phenoxy) is 1. The van der Waals surface area contributed by atoms with Crippen molar-refractivity contribution in [3.05, 3.63) is 77.4 Å². The summed E-state index contributed by atoms with van der Waals surface area (Å²) >= 11 is 0. The fraction of sp³-hybridized carbons (Fsp3) is 0.286. The molecule has 2 rings (SSSR count). The summed E-state index contributed by atoms with van der Waals surface area (Å²) in [5.41, 5.74) is 3.33. The molecule has 0 aromatic heterocycles. The Bertz CT molecular complexity index is 651. The van der Waals surface area contributed by atoms with Crippen LogP contribution in [0, 0.1) is 0 Å². The van der Waals surface area contributed by atoms with Crippen LogP contribution in [0.2, 0.25) is 0 Å². The molecule has 2 N–H and O–H groups in total. The summed E-state index contributed by atoms with van der Waals surface area (Å²) in [6, 6.07) is 17.9. The molecule has 4 nitrogen and oxygen atoms in total. The lowest BCUT2D eigenvalue weighted by molar-refractivity contribution is 0.140. The molecule has 0 radical (unpaired) electrons. The number of hydrogen-bond donors (Lipinski definition) is 2. The molecule has 0 bridgehead atoms. The second-order valence-corrected chi connectivity index (χ2v) is 5.75. The molecule has 25 heavy (non-hydrogen) atoms. The molecule has 0 heterocycles. The van der Waals surface area contributed by atoms with E-state index in [0.717, 1.165) is 30.4 Å². The fourth-order valence-electron chi connectivity index (χ4n) is 2.33. The number of carbonyl (C=O) groups excluding carboxylic acids is 1. The Hall–Kier alpha value is -2.59. The van der Waals surface area contributed by atoms with Gasteiger partial charge in [-0.1, -0.05) is 66.7 Å². The molecule has 0 saturated carbocycles. The standard InChI is InChI=1S/C21H25NO3/c23-16-6-10-19-13-11-18(12-14-19)7-4-5-15-22-21(24)25-17-20-8-2-1-3-9-20/h1-4,7-9,11-14,23H,5-6,10,15-17H2,(H,22,24). The van der Waals surface area contributed by atoms with Crippen LogP contribution < -0.4 is 5.32 Å². The van der Waals surface area contributed by atoms with Gasteiger partial charge in [-0.3, -0.25) is 0 Å². The molecule has 132 valence electrons. The number of amides is 1. The van der Waals surface area contributed by atoms with E-state index >= 15 is 0 Å². The Balaban J connectivity index is 1.61. The Labute approximate surface area is 149 Å². The van der Waals surface area contributed by atoms with Gasteiger partial charge in [0.15, 0.2) is 0 Å². The maximum atomic E-state index is 11.6. The normalized spacial score (nSPS) is 10.8. The molecule has 4 heteroatoms. The van der Waals surface area contributed by atoms with E-state index in [1.807, 2.05) is 42.5 Å². The molecule has 0 aliphatic carbocycles. The smallest absolute Gasteiger partial charge is 0.407 e. The van der Waals surface area contributed by atoms with E-state index < -0.39 is 6.09 Å². The van der Waals surface area contributed by atoms with E-state index in [2.05, 4.69) is 29.6 Å². The monoisotopic (exact) mass is 339 g/mol.